The molecule has 0 aliphatic rings. The molecule has 0 aliphatic carbocycles. The van der Waals surface area contributed by atoms with E-state index in [1.54, 1.807) is 6.07 Å². The van der Waals surface area contributed by atoms with E-state index < -0.39 is 5.97 Å². The lowest BCUT2D eigenvalue weighted by Gasteiger charge is -2.10. The van der Waals surface area contributed by atoms with Gasteiger partial charge in [-0.05, 0) is 19.9 Å². The van der Waals surface area contributed by atoms with E-state index in [4.69, 9.17) is 21.4 Å². The van der Waals surface area contributed by atoms with Gasteiger partial charge in [-0.3, -0.25) is 0 Å². The molecule has 0 fully saturated rings. The highest BCUT2D eigenvalue weighted by Gasteiger charge is 2.16. The first-order valence-electron chi connectivity index (χ1n) is 5.74. The summed E-state index contributed by atoms with van der Waals surface area (Å²) in [7, 11) is 1.41. The number of nitrogens with zero attached hydrogens (tertiary/aromatic N) is 1. The molecule has 106 valence electrons. The number of anilines is 2. The van der Waals surface area contributed by atoms with Crippen molar-refractivity contribution < 1.29 is 14.6 Å². The van der Waals surface area contributed by atoms with E-state index in [-0.39, 0.29) is 11.3 Å². The summed E-state index contributed by atoms with van der Waals surface area (Å²) < 4.78 is 5.07. The van der Waals surface area contributed by atoms with Crippen molar-refractivity contribution >= 4 is 39.7 Å². The smallest absolute Gasteiger partial charge is 0.339 e. The molecule has 5 nitrogen and oxygen atoms in total. The zero-order valence-corrected chi connectivity index (χ0v) is 12.7. The molecule has 1 aromatic heterocycles. The van der Waals surface area contributed by atoms with Crippen molar-refractivity contribution in [2.45, 2.75) is 13.8 Å². The Kier molecular flexibility index (Phi) is 4.15. The summed E-state index contributed by atoms with van der Waals surface area (Å²) in [5.74, 6) is -0.842. The maximum absolute atomic E-state index is 11.1. The predicted octanol–water partition coefficient (Wildman–Crippen LogP) is 3.86. The highest BCUT2D eigenvalue weighted by Crippen LogP contribution is 2.34. The lowest BCUT2D eigenvalue weighted by atomic mass is 10.2. The first-order valence-corrected chi connectivity index (χ1v) is 6.93. The molecule has 2 aromatic rings. The lowest BCUT2D eigenvalue weighted by Crippen LogP contribution is -2.02. The number of aromatic nitrogens is 1. The molecule has 0 amide bonds. The Morgan fingerprint density at radius 2 is 2.15 bits per heavy atom. The molecule has 1 heterocycles. The molecule has 2 rings (SSSR count). The molecule has 0 atom stereocenters. The molecule has 2 N–H and O–H groups in total. The van der Waals surface area contributed by atoms with Crippen LogP contribution >= 0.6 is 22.9 Å². The average molecular weight is 313 g/mol. The summed E-state index contributed by atoms with van der Waals surface area (Å²) in [6.07, 6.45) is 0. The first kappa shape index (κ1) is 14.6. The second-order valence-electron chi connectivity index (χ2n) is 4.12. The monoisotopic (exact) mass is 312 g/mol. The number of carboxylic acid groups (broad SMARTS) is 1. The van der Waals surface area contributed by atoms with E-state index in [1.165, 1.54) is 24.5 Å². The number of thiazole rings is 1. The Bertz CT molecular complexity index is 650. The van der Waals surface area contributed by atoms with Gasteiger partial charge in [-0.15, -0.1) is 11.3 Å². The van der Waals surface area contributed by atoms with Crippen molar-refractivity contribution in [2.24, 2.45) is 0 Å². The number of nitrogens with one attached hydrogen (secondary N) is 1. The van der Waals surface area contributed by atoms with Crippen LogP contribution in [0.25, 0.3) is 0 Å². The van der Waals surface area contributed by atoms with E-state index in [0.29, 0.717) is 15.8 Å². The maximum Gasteiger partial charge on any atom is 0.339 e. The van der Waals surface area contributed by atoms with Gasteiger partial charge in [-0.2, -0.15) is 0 Å². The second kappa shape index (κ2) is 5.68. The number of carboxylic acids is 1. The van der Waals surface area contributed by atoms with Crippen molar-refractivity contribution in [3.05, 3.63) is 33.3 Å². The molecule has 0 saturated carbocycles. The zero-order chi connectivity index (χ0) is 14.9. The van der Waals surface area contributed by atoms with Gasteiger partial charge < -0.3 is 15.2 Å². The molecule has 20 heavy (non-hydrogen) atoms. The molecule has 0 unspecified atom stereocenters. The van der Waals surface area contributed by atoms with E-state index in [1.807, 2.05) is 13.8 Å². The van der Waals surface area contributed by atoms with E-state index >= 15 is 0 Å². The quantitative estimate of drug-likeness (QED) is 0.897. The molecule has 0 spiro atoms. The van der Waals surface area contributed by atoms with Gasteiger partial charge in [0, 0.05) is 10.9 Å². The van der Waals surface area contributed by atoms with Gasteiger partial charge in [-0.1, -0.05) is 11.6 Å². The van der Waals surface area contributed by atoms with Crippen LogP contribution in [0, 0.1) is 13.8 Å². The minimum absolute atomic E-state index is 0.0227. The SMILES string of the molecule is COc1cc(Nc2nc(C)c(C)s2)c(Cl)cc1C(=O)O. The fraction of sp³-hybridized carbons (Fsp3) is 0.231. The highest BCUT2D eigenvalue weighted by molar-refractivity contribution is 7.15. The van der Waals surface area contributed by atoms with Crippen LogP contribution in [0.1, 0.15) is 20.9 Å². The van der Waals surface area contributed by atoms with Crippen molar-refractivity contribution in [3.63, 3.8) is 0 Å². The number of aryl methyl sites for hydroxylation is 2. The summed E-state index contributed by atoms with van der Waals surface area (Å²) in [6, 6.07) is 2.91. The molecule has 0 saturated heterocycles. The largest absolute Gasteiger partial charge is 0.496 e. The van der Waals surface area contributed by atoms with Crippen molar-refractivity contribution in [1.29, 1.82) is 0 Å². The van der Waals surface area contributed by atoms with Gasteiger partial charge in [-0.25, -0.2) is 9.78 Å². The Balaban J connectivity index is 2.39. The van der Waals surface area contributed by atoms with Gasteiger partial charge in [0.15, 0.2) is 5.13 Å². The minimum Gasteiger partial charge on any atom is -0.496 e. The number of ether oxygens (including phenoxy) is 1. The zero-order valence-electron chi connectivity index (χ0n) is 11.2. The average Bonchev–Trinajstić information content (AvgIpc) is 2.70. The summed E-state index contributed by atoms with van der Waals surface area (Å²) >= 11 is 7.60. The molecular formula is C13H13ClN2O3S. The van der Waals surface area contributed by atoms with Crippen LogP contribution in [0.4, 0.5) is 10.8 Å². The number of hydrogen-bond acceptors (Lipinski definition) is 5. The van der Waals surface area contributed by atoms with E-state index in [0.717, 1.165) is 10.6 Å². The molecule has 0 bridgehead atoms. The van der Waals surface area contributed by atoms with Crippen LogP contribution in [0.3, 0.4) is 0 Å². The first-order chi connectivity index (χ1) is 9.42. The number of carbonyl (C=O) groups is 1. The van der Waals surface area contributed by atoms with Crippen LogP contribution in [0.2, 0.25) is 5.02 Å². The number of rotatable bonds is 4. The summed E-state index contributed by atoms with van der Waals surface area (Å²) in [6.45, 7) is 3.90. The fourth-order valence-electron chi connectivity index (χ4n) is 1.63. The topological polar surface area (TPSA) is 71.5 Å². The van der Waals surface area contributed by atoms with Gasteiger partial charge in [0.25, 0.3) is 0 Å². The van der Waals surface area contributed by atoms with Gasteiger partial charge in [0.05, 0.1) is 23.5 Å². The fourth-order valence-corrected chi connectivity index (χ4v) is 2.66. The predicted molar refractivity (Wildman–Crippen MR) is 79.8 cm³/mol. The Labute approximate surface area is 125 Å². The number of methoxy groups -OCH3 is 1. The molecule has 7 heteroatoms. The van der Waals surface area contributed by atoms with Crippen LogP contribution in [-0.2, 0) is 0 Å². The minimum atomic E-state index is -1.09. The number of halogens is 1. The molecular weight excluding hydrogens is 300 g/mol. The third-order valence-electron chi connectivity index (χ3n) is 2.79. The Morgan fingerprint density at radius 1 is 1.45 bits per heavy atom. The lowest BCUT2D eigenvalue weighted by molar-refractivity contribution is 0.0693. The number of hydrogen-bond donors (Lipinski definition) is 2. The molecule has 0 radical (unpaired) electrons. The third-order valence-corrected chi connectivity index (χ3v) is 4.09. The van der Waals surface area contributed by atoms with Crippen molar-refractivity contribution in [3.8, 4) is 5.75 Å². The van der Waals surface area contributed by atoms with Crippen LogP contribution in [-0.4, -0.2) is 23.2 Å². The van der Waals surface area contributed by atoms with Gasteiger partial charge in [0.1, 0.15) is 11.3 Å². The summed E-state index contributed by atoms with van der Waals surface area (Å²) in [5, 5.41) is 13.2. The number of aromatic carboxylic acids is 1. The van der Waals surface area contributed by atoms with Gasteiger partial charge in [0.2, 0.25) is 0 Å². The summed E-state index contributed by atoms with van der Waals surface area (Å²) in [5.41, 5.74) is 1.53. The standard InChI is InChI=1S/C13H13ClN2O3S/c1-6-7(2)20-13(15-6)16-10-5-11(19-3)8(12(17)18)4-9(10)14/h4-5H,1-3H3,(H,15,16)(H,17,18). The van der Waals surface area contributed by atoms with Crippen molar-refractivity contribution in [2.75, 3.05) is 12.4 Å². The van der Waals surface area contributed by atoms with Crippen molar-refractivity contribution in [1.82, 2.24) is 4.98 Å². The highest BCUT2D eigenvalue weighted by atomic mass is 35.5. The van der Waals surface area contributed by atoms with Gasteiger partial charge >= 0.3 is 5.97 Å². The normalized spacial score (nSPS) is 10.4. The third kappa shape index (κ3) is 2.86. The Morgan fingerprint density at radius 3 is 2.65 bits per heavy atom. The maximum atomic E-state index is 11.1. The summed E-state index contributed by atoms with van der Waals surface area (Å²) in [4.78, 5) is 16.5. The van der Waals surface area contributed by atoms with Crippen LogP contribution in [0.5, 0.6) is 5.75 Å². The molecule has 0 aliphatic heterocycles. The van der Waals surface area contributed by atoms with Crippen LogP contribution in [0.15, 0.2) is 12.1 Å². The molecule has 1 aromatic carbocycles. The van der Waals surface area contributed by atoms with E-state index in [9.17, 15) is 4.79 Å². The number of benzene rings is 1. The second-order valence-corrected chi connectivity index (χ2v) is 5.73. The van der Waals surface area contributed by atoms with E-state index in [2.05, 4.69) is 10.3 Å². The Hall–Kier alpha value is -1.79. The van der Waals surface area contributed by atoms with Crippen LogP contribution < -0.4 is 10.1 Å².